The molecule has 3 atom stereocenters. The molecule has 22 heavy (non-hydrogen) atoms. The van der Waals surface area contributed by atoms with Gasteiger partial charge in [-0.15, -0.1) is 12.4 Å². The second-order valence-electron chi connectivity index (χ2n) is 7.00. The molecule has 0 saturated heterocycles. The van der Waals surface area contributed by atoms with Crippen molar-refractivity contribution in [2.45, 2.75) is 26.2 Å². The highest BCUT2D eigenvalue weighted by Crippen LogP contribution is 2.48. The predicted molar refractivity (Wildman–Crippen MR) is 95.8 cm³/mol. The Morgan fingerprint density at radius 1 is 1.23 bits per heavy atom. The number of halogens is 1. The van der Waals surface area contributed by atoms with Crippen LogP contribution in [0, 0.1) is 24.7 Å². The molecule has 0 spiro atoms. The number of benzene rings is 1. The molecule has 1 aromatic carbocycles. The van der Waals surface area contributed by atoms with Gasteiger partial charge in [0, 0.05) is 6.54 Å². The third kappa shape index (κ3) is 3.33. The first-order valence-corrected chi connectivity index (χ1v) is 8.10. The molecule has 1 fully saturated rings. The van der Waals surface area contributed by atoms with Crippen LogP contribution < -0.4 is 4.74 Å². The lowest BCUT2D eigenvalue weighted by atomic mass is 9.75. The topological polar surface area (TPSA) is 12.5 Å². The lowest BCUT2D eigenvalue weighted by Crippen LogP contribution is -2.29. The number of methoxy groups -OCH3 is 1. The average molecular weight is 322 g/mol. The Morgan fingerprint density at radius 3 is 2.68 bits per heavy atom. The van der Waals surface area contributed by atoms with Gasteiger partial charge in [0.2, 0.25) is 0 Å². The maximum atomic E-state index is 5.45. The summed E-state index contributed by atoms with van der Waals surface area (Å²) >= 11 is 0. The largest absolute Gasteiger partial charge is 0.497 e. The van der Waals surface area contributed by atoms with E-state index in [-0.39, 0.29) is 12.4 Å². The van der Waals surface area contributed by atoms with Crippen LogP contribution in [0.15, 0.2) is 24.3 Å². The van der Waals surface area contributed by atoms with E-state index in [2.05, 4.69) is 50.2 Å². The van der Waals surface area contributed by atoms with Crippen LogP contribution in [-0.4, -0.2) is 32.6 Å². The second-order valence-corrected chi connectivity index (χ2v) is 7.00. The van der Waals surface area contributed by atoms with E-state index in [9.17, 15) is 0 Å². The Morgan fingerprint density at radius 2 is 2.00 bits per heavy atom. The van der Waals surface area contributed by atoms with Crippen molar-refractivity contribution in [3.8, 4) is 5.75 Å². The molecular formula is C19H28ClNO. The van der Waals surface area contributed by atoms with Crippen molar-refractivity contribution in [2.75, 3.05) is 27.7 Å². The zero-order valence-corrected chi connectivity index (χ0v) is 15.0. The summed E-state index contributed by atoms with van der Waals surface area (Å²) in [6, 6.07) is 6.49. The smallest absolute Gasteiger partial charge is 0.119 e. The van der Waals surface area contributed by atoms with Crippen molar-refractivity contribution in [1.29, 1.82) is 0 Å². The molecule has 1 saturated carbocycles. The number of hydrogen-bond acceptors (Lipinski definition) is 2. The van der Waals surface area contributed by atoms with Crippen LogP contribution in [0.1, 0.15) is 30.4 Å². The van der Waals surface area contributed by atoms with Crippen molar-refractivity contribution in [1.82, 2.24) is 4.90 Å². The molecule has 3 unspecified atom stereocenters. The van der Waals surface area contributed by atoms with Gasteiger partial charge in [-0.25, -0.2) is 0 Å². The van der Waals surface area contributed by atoms with Crippen molar-refractivity contribution < 1.29 is 4.74 Å². The molecule has 0 N–H and O–H groups in total. The summed E-state index contributed by atoms with van der Waals surface area (Å²) in [7, 11) is 6.14. The minimum Gasteiger partial charge on any atom is -0.497 e. The number of allylic oxidation sites excluding steroid dienone is 1. The molecule has 3 heteroatoms. The quantitative estimate of drug-likeness (QED) is 0.814. The zero-order chi connectivity index (χ0) is 15.0. The standard InChI is InChI=1S/C19H27NO.ClH/c1-13-5-8-16(21-4)11-17(13)18-10-14-6-7-15(9-14)19(18)12-20(2)3;/h5,8,10-11,14-15,19H,6-7,9,12H2,1-4H3;1H. The van der Waals surface area contributed by atoms with E-state index in [0.717, 1.165) is 24.1 Å². The molecule has 122 valence electrons. The van der Waals surface area contributed by atoms with Crippen LogP contribution in [0.2, 0.25) is 0 Å². The lowest BCUT2D eigenvalue weighted by Gasteiger charge is -2.33. The molecule has 2 aliphatic rings. The first-order valence-electron chi connectivity index (χ1n) is 8.10. The van der Waals surface area contributed by atoms with Crippen LogP contribution in [-0.2, 0) is 0 Å². The SMILES string of the molecule is COc1ccc(C)c(C2=CC3CCC(C3)C2CN(C)C)c1.Cl. The fraction of sp³-hybridized carbons (Fsp3) is 0.579. The molecule has 2 bridgehead atoms. The summed E-state index contributed by atoms with van der Waals surface area (Å²) in [5.74, 6) is 3.31. The number of fused-ring (bicyclic) bond motifs is 2. The molecule has 1 aromatic rings. The Labute approximate surface area is 141 Å². The van der Waals surface area contributed by atoms with Crippen LogP contribution in [0.5, 0.6) is 5.75 Å². The maximum Gasteiger partial charge on any atom is 0.119 e. The maximum absolute atomic E-state index is 5.45. The third-order valence-electron chi connectivity index (χ3n) is 5.22. The molecular weight excluding hydrogens is 294 g/mol. The van der Waals surface area contributed by atoms with Gasteiger partial charge in [-0.05, 0) is 86.9 Å². The zero-order valence-electron chi connectivity index (χ0n) is 14.1. The molecule has 0 heterocycles. The van der Waals surface area contributed by atoms with E-state index in [1.165, 1.54) is 30.4 Å². The van der Waals surface area contributed by atoms with Crippen molar-refractivity contribution in [3.63, 3.8) is 0 Å². The summed E-state index contributed by atoms with van der Waals surface area (Å²) in [6.45, 7) is 3.37. The molecule has 0 radical (unpaired) electrons. The number of aryl methyl sites for hydroxylation is 1. The van der Waals surface area contributed by atoms with Gasteiger partial charge in [-0.3, -0.25) is 0 Å². The van der Waals surface area contributed by atoms with E-state index in [1.54, 1.807) is 12.7 Å². The molecule has 0 amide bonds. The lowest BCUT2D eigenvalue weighted by molar-refractivity contribution is 0.289. The van der Waals surface area contributed by atoms with E-state index in [4.69, 9.17) is 4.74 Å². The molecule has 2 nitrogen and oxygen atoms in total. The highest BCUT2D eigenvalue weighted by Gasteiger charge is 2.37. The Hall–Kier alpha value is -0.990. The average Bonchev–Trinajstić information content (AvgIpc) is 2.85. The van der Waals surface area contributed by atoms with Gasteiger partial charge in [-0.1, -0.05) is 12.1 Å². The molecule has 0 aliphatic heterocycles. The normalized spacial score (nSPS) is 26.6. The second kappa shape index (κ2) is 7.06. The molecule has 3 rings (SSSR count). The Balaban J connectivity index is 0.00000176. The van der Waals surface area contributed by atoms with Crippen LogP contribution in [0.4, 0.5) is 0 Å². The van der Waals surface area contributed by atoms with E-state index >= 15 is 0 Å². The highest BCUT2D eigenvalue weighted by molar-refractivity contribution is 5.85. The number of nitrogens with zero attached hydrogens (tertiary/aromatic N) is 1. The first kappa shape index (κ1) is 17.4. The van der Waals surface area contributed by atoms with E-state index < -0.39 is 0 Å². The first-order chi connectivity index (χ1) is 10.1. The fourth-order valence-corrected chi connectivity index (χ4v) is 4.17. The molecule has 0 aromatic heterocycles. The summed E-state index contributed by atoms with van der Waals surface area (Å²) < 4.78 is 5.45. The number of rotatable bonds is 4. The van der Waals surface area contributed by atoms with Gasteiger partial charge < -0.3 is 9.64 Å². The van der Waals surface area contributed by atoms with Crippen LogP contribution >= 0.6 is 12.4 Å². The van der Waals surface area contributed by atoms with Crippen molar-refractivity contribution >= 4 is 18.0 Å². The Kier molecular flexibility index (Phi) is 5.57. The van der Waals surface area contributed by atoms with Crippen molar-refractivity contribution in [2.24, 2.45) is 17.8 Å². The van der Waals surface area contributed by atoms with E-state index in [1.807, 2.05) is 0 Å². The Bertz CT molecular complexity index is 552. The summed E-state index contributed by atoms with van der Waals surface area (Å²) in [6.07, 6.45) is 6.73. The van der Waals surface area contributed by atoms with Gasteiger partial charge in [0.25, 0.3) is 0 Å². The van der Waals surface area contributed by atoms with E-state index in [0.29, 0.717) is 5.92 Å². The number of hydrogen-bond donors (Lipinski definition) is 0. The number of ether oxygens (including phenoxy) is 1. The molecule has 2 aliphatic carbocycles. The van der Waals surface area contributed by atoms with Gasteiger partial charge in [0.05, 0.1) is 7.11 Å². The summed E-state index contributed by atoms with van der Waals surface area (Å²) in [4.78, 5) is 2.34. The monoisotopic (exact) mass is 321 g/mol. The van der Waals surface area contributed by atoms with Gasteiger partial charge in [-0.2, -0.15) is 0 Å². The van der Waals surface area contributed by atoms with Gasteiger partial charge in [0.15, 0.2) is 0 Å². The van der Waals surface area contributed by atoms with Crippen LogP contribution in [0.3, 0.4) is 0 Å². The third-order valence-corrected chi connectivity index (χ3v) is 5.22. The fourth-order valence-electron chi connectivity index (χ4n) is 4.17. The summed E-state index contributed by atoms with van der Waals surface area (Å²) in [5, 5.41) is 0. The van der Waals surface area contributed by atoms with Gasteiger partial charge >= 0.3 is 0 Å². The van der Waals surface area contributed by atoms with Gasteiger partial charge in [0.1, 0.15) is 5.75 Å². The van der Waals surface area contributed by atoms with Crippen LogP contribution in [0.25, 0.3) is 5.57 Å². The summed E-state index contributed by atoms with van der Waals surface area (Å²) in [5.41, 5.74) is 4.34. The van der Waals surface area contributed by atoms with Crippen molar-refractivity contribution in [3.05, 3.63) is 35.4 Å². The minimum atomic E-state index is 0. The minimum absolute atomic E-state index is 0. The predicted octanol–water partition coefficient (Wildman–Crippen LogP) is 4.42. The highest BCUT2D eigenvalue weighted by atomic mass is 35.5.